The fourth-order valence-electron chi connectivity index (χ4n) is 1.04. The van der Waals surface area contributed by atoms with Gasteiger partial charge in [-0.3, -0.25) is 5.84 Å². The van der Waals surface area contributed by atoms with E-state index < -0.39 is 11.5 Å². The fraction of sp³-hybridized carbons (Fsp3) is 0.222. The zero-order valence-electron chi connectivity index (χ0n) is 7.32. The molecule has 0 fully saturated rings. The van der Waals surface area contributed by atoms with Crippen LogP contribution in [0.1, 0.15) is 12.5 Å². The van der Waals surface area contributed by atoms with E-state index in [4.69, 9.17) is 10.9 Å². The summed E-state index contributed by atoms with van der Waals surface area (Å²) in [6.45, 7) is 1.52. The Bertz CT molecular complexity index is 300. The molecule has 1 rings (SSSR count). The SMILES string of the molecule is CC(NN)(C(=O)O)c1ccccc1. The highest BCUT2D eigenvalue weighted by Gasteiger charge is 2.33. The predicted octanol–water partition coefficient (Wildman–Crippen LogP) is 0.450. The molecule has 70 valence electrons. The second-order valence-corrected chi connectivity index (χ2v) is 2.94. The van der Waals surface area contributed by atoms with E-state index in [0.717, 1.165) is 0 Å². The second kappa shape index (κ2) is 3.55. The van der Waals surface area contributed by atoms with Crippen LogP contribution < -0.4 is 11.3 Å². The molecule has 4 N–H and O–H groups in total. The molecule has 1 aromatic rings. The third-order valence-corrected chi connectivity index (χ3v) is 2.07. The maximum Gasteiger partial charge on any atom is 0.329 e. The number of benzene rings is 1. The fourth-order valence-corrected chi connectivity index (χ4v) is 1.04. The number of rotatable bonds is 3. The number of hydrazine groups is 1. The quantitative estimate of drug-likeness (QED) is 0.466. The van der Waals surface area contributed by atoms with Crippen LogP contribution in [0.3, 0.4) is 0 Å². The van der Waals surface area contributed by atoms with Crippen LogP contribution in [0.25, 0.3) is 0 Å². The summed E-state index contributed by atoms with van der Waals surface area (Å²) in [7, 11) is 0. The molecule has 13 heavy (non-hydrogen) atoms. The zero-order valence-corrected chi connectivity index (χ0v) is 7.32. The van der Waals surface area contributed by atoms with E-state index in [9.17, 15) is 4.79 Å². The largest absolute Gasteiger partial charge is 0.480 e. The van der Waals surface area contributed by atoms with Crippen LogP contribution >= 0.6 is 0 Å². The maximum atomic E-state index is 10.9. The predicted molar refractivity (Wildman–Crippen MR) is 48.8 cm³/mol. The van der Waals surface area contributed by atoms with Gasteiger partial charge in [-0.1, -0.05) is 30.3 Å². The van der Waals surface area contributed by atoms with Crippen molar-refractivity contribution in [2.45, 2.75) is 12.5 Å². The zero-order chi connectivity index (χ0) is 9.90. The van der Waals surface area contributed by atoms with E-state index in [1.807, 2.05) is 6.07 Å². The van der Waals surface area contributed by atoms with Gasteiger partial charge >= 0.3 is 5.97 Å². The number of aliphatic carboxylic acids is 1. The minimum atomic E-state index is -1.22. The van der Waals surface area contributed by atoms with E-state index in [2.05, 4.69) is 5.43 Å². The highest BCUT2D eigenvalue weighted by atomic mass is 16.4. The van der Waals surface area contributed by atoms with Crippen LogP contribution in [0.5, 0.6) is 0 Å². The molecule has 0 heterocycles. The summed E-state index contributed by atoms with van der Waals surface area (Å²) in [6, 6.07) is 8.80. The molecule has 0 radical (unpaired) electrons. The van der Waals surface area contributed by atoms with Crippen LogP contribution in [0.15, 0.2) is 30.3 Å². The first-order chi connectivity index (χ1) is 6.11. The first-order valence-electron chi connectivity index (χ1n) is 3.88. The highest BCUT2D eigenvalue weighted by molar-refractivity contribution is 5.80. The van der Waals surface area contributed by atoms with Crippen molar-refractivity contribution >= 4 is 5.97 Å². The molecule has 0 aliphatic heterocycles. The summed E-state index contributed by atoms with van der Waals surface area (Å²) in [4.78, 5) is 10.9. The van der Waals surface area contributed by atoms with Gasteiger partial charge in [-0.25, -0.2) is 10.2 Å². The molecule has 0 saturated heterocycles. The summed E-state index contributed by atoms with van der Waals surface area (Å²) in [6.07, 6.45) is 0. The molecule has 0 aliphatic carbocycles. The molecule has 4 heteroatoms. The van der Waals surface area contributed by atoms with Gasteiger partial charge in [-0.2, -0.15) is 0 Å². The smallest absolute Gasteiger partial charge is 0.329 e. The number of nitrogens with one attached hydrogen (secondary N) is 1. The van der Waals surface area contributed by atoms with Gasteiger partial charge in [0.1, 0.15) is 0 Å². The molecule has 1 aromatic carbocycles. The number of carboxylic acids is 1. The van der Waals surface area contributed by atoms with Gasteiger partial charge in [0.05, 0.1) is 0 Å². The molecule has 1 unspecified atom stereocenters. The lowest BCUT2D eigenvalue weighted by atomic mass is 9.93. The normalized spacial score (nSPS) is 14.9. The van der Waals surface area contributed by atoms with Crippen LogP contribution in [0.2, 0.25) is 0 Å². The van der Waals surface area contributed by atoms with E-state index in [1.54, 1.807) is 24.3 Å². The Morgan fingerprint density at radius 3 is 2.38 bits per heavy atom. The number of carbonyl (C=O) groups is 1. The van der Waals surface area contributed by atoms with Crippen molar-refractivity contribution in [3.05, 3.63) is 35.9 Å². The summed E-state index contributed by atoms with van der Waals surface area (Å²) in [5, 5.41) is 8.94. The Hall–Kier alpha value is -1.39. The lowest BCUT2D eigenvalue weighted by molar-refractivity contribution is -0.144. The average molecular weight is 180 g/mol. The van der Waals surface area contributed by atoms with Crippen molar-refractivity contribution in [3.8, 4) is 0 Å². The van der Waals surface area contributed by atoms with Gasteiger partial charge in [0.25, 0.3) is 0 Å². The number of carboxylic acid groups (broad SMARTS) is 1. The Balaban J connectivity index is 3.11. The van der Waals surface area contributed by atoms with Crippen molar-refractivity contribution in [2.75, 3.05) is 0 Å². The Morgan fingerprint density at radius 1 is 1.46 bits per heavy atom. The molecule has 0 bridgehead atoms. The Morgan fingerprint density at radius 2 is 2.00 bits per heavy atom. The van der Waals surface area contributed by atoms with Crippen LogP contribution in [0.4, 0.5) is 0 Å². The summed E-state index contributed by atoms with van der Waals surface area (Å²) >= 11 is 0. The van der Waals surface area contributed by atoms with Gasteiger partial charge in [0, 0.05) is 0 Å². The summed E-state index contributed by atoms with van der Waals surface area (Å²) in [5.41, 5.74) is 1.70. The Labute approximate surface area is 76.3 Å². The molecule has 0 aromatic heterocycles. The first-order valence-corrected chi connectivity index (χ1v) is 3.88. The van der Waals surface area contributed by atoms with E-state index >= 15 is 0 Å². The van der Waals surface area contributed by atoms with Crippen LogP contribution in [-0.2, 0) is 10.3 Å². The lowest BCUT2D eigenvalue weighted by Crippen LogP contribution is -2.50. The van der Waals surface area contributed by atoms with Gasteiger partial charge in [0.15, 0.2) is 5.54 Å². The van der Waals surface area contributed by atoms with Crippen LogP contribution in [0, 0.1) is 0 Å². The van der Waals surface area contributed by atoms with Crippen molar-refractivity contribution in [1.29, 1.82) is 0 Å². The van der Waals surface area contributed by atoms with Gasteiger partial charge in [0.2, 0.25) is 0 Å². The van der Waals surface area contributed by atoms with Gasteiger partial charge in [-0.05, 0) is 12.5 Å². The third-order valence-electron chi connectivity index (χ3n) is 2.07. The molecule has 4 nitrogen and oxygen atoms in total. The standard InChI is InChI=1S/C9H12N2O2/c1-9(11-10,8(12)13)7-5-3-2-4-6-7/h2-6,11H,10H2,1H3,(H,12,13). The minimum Gasteiger partial charge on any atom is -0.480 e. The molecular formula is C9H12N2O2. The molecule has 0 aliphatic rings. The van der Waals surface area contributed by atoms with Crippen LogP contribution in [-0.4, -0.2) is 11.1 Å². The van der Waals surface area contributed by atoms with Crippen molar-refractivity contribution < 1.29 is 9.90 Å². The first kappa shape index (κ1) is 9.70. The van der Waals surface area contributed by atoms with Crippen molar-refractivity contribution in [2.24, 2.45) is 5.84 Å². The minimum absolute atomic E-state index is 0.630. The van der Waals surface area contributed by atoms with Gasteiger partial charge in [-0.15, -0.1) is 0 Å². The molecule has 0 amide bonds. The Kier molecular flexibility index (Phi) is 2.65. The summed E-state index contributed by atoms with van der Waals surface area (Å²) in [5.74, 6) is 4.21. The van der Waals surface area contributed by atoms with Crippen molar-refractivity contribution in [3.63, 3.8) is 0 Å². The van der Waals surface area contributed by atoms with Crippen molar-refractivity contribution in [1.82, 2.24) is 5.43 Å². The molecule has 0 spiro atoms. The molecule has 1 atom stereocenters. The number of hydrogen-bond acceptors (Lipinski definition) is 3. The van der Waals surface area contributed by atoms with E-state index in [0.29, 0.717) is 5.56 Å². The second-order valence-electron chi connectivity index (χ2n) is 2.94. The number of hydrogen-bond donors (Lipinski definition) is 3. The summed E-state index contributed by atoms with van der Waals surface area (Å²) < 4.78 is 0. The lowest BCUT2D eigenvalue weighted by Gasteiger charge is -2.23. The monoisotopic (exact) mass is 180 g/mol. The van der Waals surface area contributed by atoms with E-state index in [1.165, 1.54) is 6.92 Å². The average Bonchev–Trinajstić information content (AvgIpc) is 2.17. The topological polar surface area (TPSA) is 75.3 Å². The van der Waals surface area contributed by atoms with E-state index in [-0.39, 0.29) is 0 Å². The molecule has 0 saturated carbocycles. The number of nitrogens with two attached hydrogens (primary N) is 1. The third kappa shape index (κ3) is 1.68. The van der Waals surface area contributed by atoms with Gasteiger partial charge < -0.3 is 5.11 Å². The maximum absolute atomic E-state index is 10.9. The molecular weight excluding hydrogens is 168 g/mol. The highest BCUT2D eigenvalue weighted by Crippen LogP contribution is 2.19.